The number of nitrogens with one attached hydrogen (secondary N) is 1. The van der Waals surface area contributed by atoms with Crippen molar-refractivity contribution in [3.63, 3.8) is 0 Å². The van der Waals surface area contributed by atoms with Crippen molar-refractivity contribution < 1.29 is 9.52 Å². The third-order valence-corrected chi connectivity index (χ3v) is 3.59. The molecule has 2 atom stereocenters. The Morgan fingerprint density at radius 3 is 2.81 bits per heavy atom. The van der Waals surface area contributed by atoms with E-state index >= 15 is 0 Å². The fourth-order valence-electron chi connectivity index (χ4n) is 2.59. The van der Waals surface area contributed by atoms with Gasteiger partial charge in [-0.25, -0.2) is 0 Å². The summed E-state index contributed by atoms with van der Waals surface area (Å²) in [5.74, 6) is 2.11. The van der Waals surface area contributed by atoms with Crippen molar-refractivity contribution in [1.82, 2.24) is 5.32 Å². The van der Waals surface area contributed by atoms with Crippen LogP contribution in [-0.2, 0) is 6.54 Å². The van der Waals surface area contributed by atoms with E-state index in [2.05, 4.69) is 5.32 Å². The molecule has 1 aliphatic carbocycles. The molecule has 1 fully saturated rings. The van der Waals surface area contributed by atoms with Gasteiger partial charge in [0, 0.05) is 6.61 Å². The minimum Gasteiger partial charge on any atom is -0.468 e. The second-order valence-corrected chi connectivity index (χ2v) is 4.70. The smallest absolute Gasteiger partial charge is 0.117 e. The largest absolute Gasteiger partial charge is 0.468 e. The maximum atomic E-state index is 9.30. The second kappa shape index (κ2) is 6.06. The molecule has 2 rings (SSSR count). The zero-order chi connectivity index (χ0) is 11.2. The highest BCUT2D eigenvalue weighted by atomic mass is 16.3. The molecule has 1 aromatic rings. The van der Waals surface area contributed by atoms with Gasteiger partial charge in [0.1, 0.15) is 5.76 Å². The highest BCUT2D eigenvalue weighted by Gasteiger charge is 2.23. The number of aliphatic hydroxyl groups excluding tert-OH is 1. The predicted octanol–water partition coefficient (Wildman–Crippen LogP) is 2.17. The van der Waals surface area contributed by atoms with Crippen molar-refractivity contribution in [2.75, 3.05) is 13.2 Å². The van der Waals surface area contributed by atoms with E-state index in [0.29, 0.717) is 18.4 Å². The van der Waals surface area contributed by atoms with Gasteiger partial charge in [0.2, 0.25) is 0 Å². The van der Waals surface area contributed by atoms with E-state index in [-0.39, 0.29) is 0 Å². The van der Waals surface area contributed by atoms with Gasteiger partial charge in [0.15, 0.2) is 0 Å². The highest BCUT2D eigenvalue weighted by molar-refractivity contribution is 4.97. The molecule has 2 N–H and O–H groups in total. The normalized spacial score (nSPS) is 25.8. The van der Waals surface area contributed by atoms with Gasteiger partial charge in [-0.2, -0.15) is 0 Å². The standard InChI is InChI=1S/C13H21NO2/c15-10-12-5-2-1-4-11(12)8-14-9-13-6-3-7-16-13/h3,6-7,11-12,14-15H,1-2,4-5,8-10H2. The van der Waals surface area contributed by atoms with Gasteiger partial charge in [-0.3, -0.25) is 0 Å². The Labute approximate surface area is 96.8 Å². The molecule has 0 aromatic carbocycles. The first-order valence-corrected chi connectivity index (χ1v) is 6.24. The van der Waals surface area contributed by atoms with E-state index < -0.39 is 0 Å². The van der Waals surface area contributed by atoms with Gasteiger partial charge in [-0.15, -0.1) is 0 Å². The minimum absolute atomic E-state index is 0.340. The van der Waals surface area contributed by atoms with Gasteiger partial charge in [-0.05, 0) is 43.4 Å². The van der Waals surface area contributed by atoms with Crippen molar-refractivity contribution >= 4 is 0 Å². The molecule has 0 spiro atoms. The molecule has 90 valence electrons. The molecule has 3 heteroatoms. The summed E-state index contributed by atoms with van der Waals surface area (Å²) in [4.78, 5) is 0. The molecule has 1 aromatic heterocycles. The molecule has 0 amide bonds. The third kappa shape index (κ3) is 3.09. The lowest BCUT2D eigenvalue weighted by atomic mass is 9.79. The van der Waals surface area contributed by atoms with Gasteiger partial charge >= 0.3 is 0 Å². The average Bonchev–Trinajstić information content (AvgIpc) is 2.83. The topological polar surface area (TPSA) is 45.4 Å². The fraction of sp³-hybridized carbons (Fsp3) is 0.692. The summed E-state index contributed by atoms with van der Waals surface area (Å²) in [6.45, 7) is 2.13. The summed E-state index contributed by atoms with van der Waals surface area (Å²) >= 11 is 0. The lowest BCUT2D eigenvalue weighted by Gasteiger charge is -2.30. The summed E-state index contributed by atoms with van der Waals surface area (Å²) < 4.78 is 5.26. The van der Waals surface area contributed by atoms with Gasteiger partial charge in [-0.1, -0.05) is 12.8 Å². The van der Waals surface area contributed by atoms with Crippen LogP contribution >= 0.6 is 0 Å². The van der Waals surface area contributed by atoms with Crippen molar-refractivity contribution in [2.24, 2.45) is 11.8 Å². The van der Waals surface area contributed by atoms with Crippen LogP contribution in [0.3, 0.4) is 0 Å². The van der Waals surface area contributed by atoms with Crippen LogP contribution in [0.25, 0.3) is 0 Å². The van der Waals surface area contributed by atoms with Crippen LogP contribution in [0.5, 0.6) is 0 Å². The van der Waals surface area contributed by atoms with Crippen molar-refractivity contribution in [2.45, 2.75) is 32.2 Å². The number of hydrogen-bond donors (Lipinski definition) is 2. The number of hydrogen-bond acceptors (Lipinski definition) is 3. The summed E-state index contributed by atoms with van der Waals surface area (Å²) in [5, 5.41) is 12.7. The average molecular weight is 223 g/mol. The summed E-state index contributed by atoms with van der Waals surface area (Å²) in [6, 6.07) is 3.89. The molecular formula is C13H21NO2. The van der Waals surface area contributed by atoms with Crippen molar-refractivity contribution in [3.8, 4) is 0 Å². The Balaban J connectivity index is 1.71. The molecule has 1 saturated carbocycles. The van der Waals surface area contributed by atoms with Crippen LogP contribution in [0.15, 0.2) is 22.8 Å². The maximum absolute atomic E-state index is 9.30. The third-order valence-electron chi connectivity index (χ3n) is 3.59. The SMILES string of the molecule is OCC1CCCCC1CNCc1ccco1. The molecular weight excluding hydrogens is 202 g/mol. The van der Waals surface area contributed by atoms with Gasteiger partial charge < -0.3 is 14.8 Å². The number of aliphatic hydroxyl groups is 1. The van der Waals surface area contributed by atoms with Crippen LogP contribution in [-0.4, -0.2) is 18.3 Å². The van der Waals surface area contributed by atoms with Crippen LogP contribution < -0.4 is 5.32 Å². The molecule has 1 aliphatic rings. The minimum atomic E-state index is 0.340. The molecule has 16 heavy (non-hydrogen) atoms. The number of rotatable bonds is 5. The van der Waals surface area contributed by atoms with Crippen LogP contribution in [0.2, 0.25) is 0 Å². The van der Waals surface area contributed by atoms with Crippen LogP contribution in [0.1, 0.15) is 31.4 Å². The quantitative estimate of drug-likeness (QED) is 0.804. The first-order valence-electron chi connectivity index (χ1n) is 6.24. The zero-order valence-corrected chi connectivity index (χ0v) is 9.69. The van der Waals surface area contributed by atoms with E-state index in [0.717, 1.165) is 18.8 Å². The number of furan rings is 1. The summed E-state index contributed by atoms with van der Waals surface area (Å²) in [6.07, 6.45) is 6.72. The first kappa shape index (κ1) is 11.7. The molecule has 2 unspecified atom stereocenters. The van der Waals surface area contributed by atoms with E-state index in [1.54, 1.807) is 6.26 Å². The van der Waals surface area contributed by atoms with E-state index in [4.69, 9.17) is 4.42 Å². The fourth-order valence-corrected chi connectivity index (χ4v) is 2.59. The van der Waals surface area contributed by atoms with E-state index in [1.165, 1.54) is 25.7 Å². The summed E-state index contributed by atoms with van der Waals surface area (Å²) in [7, 11) is 0. The lowest BCUT2D eigenvalue weighted by molar-refractivity contribution is 0.132. The Kier molecular flexibility index (Phi) is 4.43. The molecule has 0 aliphatic heterocycles. The summed E-state index contributed by atoms with van der Waals surface area (Å²) in [5.41, 5.74) is 0. The van der Waals surface area contributed by atoms with Crippen LogP contribution in [0, 0.1) is 11.8 Å². The molecule has 0 saturated heterocycles. The second-order valence-electron chi connectivity index (χ2n) is 4.70. The predicted molar refractivity (Wildman–Crippen MR) is 62.9 cm³/mol. The van der Waals surface area contributed by atoms with Crippen LogP contribution in [0.4, 0.5) is 0 Å². The maximum Gasteiger partial charge on any atom is 0.117 e. The first-order chi connectivity index (χ1) is 7.90. The van der Waals surface area contributed by atoms with E-state index in [1.807, 2.05) is 12.1 Å². The lowest BCUT2D eigenvalue weighted by Crippen LogP contribution is -2.32. The Morgan fingerprint density at radius 2 is 2.12 bits per heavy atom. The van der Waals surface area contributed by atoms with E-state index in [9.17, 15) is 5.11 Å². The van der Waals surface area contributed by atoms with Gasteiger partial charge in [0.25, 0.3) is 0 Å². The zero-order valence-electron chi connectivity index (χ0n) is 9.69. The molecule has 0 bridgehead atoms. The Bertz CT molecular complexity index is 284. The Morgan fingerprint density at radius 1 is 1.31 bits per heavy atom. The molecule has 3 nitrogen and oxygen atoms in total. The van der Waals surface area contributed by atoms with Gasteiger partial charge in [0.05, 0.1) is 12.8 Å². The highest BCUT2D eigenvalue weighted by Crippen LogP contribution is 2.29. The molecule has 1 heterocycles. The molecule has 0 radical (unpaired) electrons. The Hall–Kier alpha value is -0.800. The monoisotopic (exact) mass is 223 g/mol. The van der Waals surface area contributed by atoms with Crippen molar-refractivity contribution in [1.29, 1.82) is 0 Å². The van der Waals surface area contributed by atoms with Crippen molar-refractivity contribution in [3.05, 3.63) is 24.2 Å².